The summed E-state index contributed by atoms with van der Waals surface area (Å²) in [5.41, 5.74) is 5.03. The number of aryl methyl sites for hydroxylation is 2. The van der Waals surface area contributed by atoms with E-state index in [0.717, 1.165) is 40.8 Å². The molecule has 0 saturated carbocycles. The highest BCUT2D eigenvalue weighted by Crippen LogP contribution is 2.34. The summed E-state index contributed by atoms with van der Waals surface area (Å²) in [6.45, 7) is 3.11. The normalized spacial score (nSPS) is 15.2. The number of methoxy groups -OCH3 is 1. The minimum atomic E-state index is -0.815. The summed E-state index contributed by atoms with van der Waals surface area (Å²) in [5.74, 6) is -0.553. The molecule has 1 unspecified atom stereocenters. The molecule has 4 rings (SSSR count). The van der Waals surface area contributed by atoms with Crippen molar-refractivity contribution in [2.45, 2.75) is 45.1 Å². The number of piperidine rings is 1. The van der Waals surface area contributed by atoms with E-state index in [9.17, 15) is 14.4 Å². The lowest BCUT2D eigenvalue weighted by molar-refractivity contribution is -0.137. The first kappa shape index (κ1) is 26.7. The van der Waals surface area contributed by atoms with Gasteiger partial charge in [0.05, 0.1) is 18.7 Å². The van der Waals surface area contributed by atoms with Gasteiger partial charge in [-0.2, -0.15) is 0 Å². The molecule has 1 saturated heterocycles. The van der Waals surface area contributed by atoms with Crippen LogP contribution in [0.15, 0.2) is 66.7 Å². The maximum Gasteiger partial charge on any atom is 0.323 e. The third kappa shape index (κ3) is 6.70. The average Bonchev–Trinajstić information content (AvgIpc) is 2.91. The molecule has 3 aromatic carbocycles. The Morgan fingerprint density at radius 1 is 1.00 bits per heavy atom. The second-order valence-corrected chi connectivity index (χ2v) is 9.52. The largest absolute Gasteiger partial charge is 0.495 e. The van der Waals surface area contributed by atoms with Crippen molar-refractivity contribution in [1.29, 1.82) is 0 Å². The van der Waals surface area contributed by atoms with E-state index in [1.807, 2.05) is 72.5 Å². The molecule has 3 amide bonds. The SMILES string of the molecule is COc1cc(C2CCCN(Cc3ccc(CCC(=O)O)cc3)C2=O)ccc1NC(=O)Nc1ccccc1C. The minimum Gasteiger partial charge on any atom is -0.495 e. The van der Waals surface area contributed by atoms with Gasteiger partial charge in [-0.25, -0.2) is 4.79 Å². The van der Waals surface area contributed by atoms with Crippen LogP contribution in [0.2, 0.25) is 0 Å². The first-order chi connectivity index (χ1) is 18.3. The fourth-order valence-electron chi connectivity index (χ4n) is 4.71. The van der Waals surface area contributed by atoms with E-state index in [4.69, 9.17) is 9.84 Å². The number of likely N-dealkylation sites (tertiary alicyclic amines) is 1. The molecule has 1 aliphatic heterocycles. The maximum atomic E-state index is 13.4. The topological polar surface area (TPSA) is 108 Å². The molecule has 8 nitrogen and oxygen atoms in total. The van der Waals surface area contributed by atoms with Crippen molar-refractivity contribution in [3.05, 3.63) is 89.0 Å². The number of carboxylic acid groups (broad SMARTS) is 1. The van der Waals surface area contributed by atoms with Gasteiger partial charge in [0.1, 0.15) is 5.75 Å². The number of hydrogen-bond acceptors (Lipinski definition) is 4. The molecular formula is C30H33N3O5. The molecule has 0 spiro atoms. The monoisotopic (exact) mass is 515 g/mol. The number of ether oxygens (including phenoxy) is 1. The lowest BCUT2D eigenvalue weighted by Gasteiger charge is -2.33. The summed E-state index contributed by atoms with van der Waals surface area (Å²) in [5, 5.41) is 14.6. The Morgan fingerprint density at radius 2 is 1.71 bits per heavy atom. The lowest BCUT2D eigenvalue weighted by Crippen LogP contribution is -2.39. The minimum absolute atomic E-state index is 0.0614. The van der Waals surface area contributed by atoms with Gasteiger partial charge in [-0.15, -0.1) is 0 Å². The summed E-state index contributed by atoms with van der Waals surface area (Å²) in [7, 11) is 1.54. The van der Waals surface area contributed by atoms with Crippen molar-refractivity contribution in [3.63, 3.8) is 0 Å². The van der Waals surface area contributed by atoms with Crippen molar-refractivity contribution in [2.24, 2.45) is 0 Å². The Labute approximate surface area is 222 Å². The first-order valence-electron chi connectivity index (χ1n) is 12.7. The molecule has 1 fully saturated rings. The molecule has 1 atom stereocenters. The number of carbonyl (C=O) groups excluding carboxylic acids is 2. The van der Waals surface area contributed by atoms with E-state index in [0.29, 0.717) is 30.9 Å². The zero-order chi connectivity index (χ0) is 27.1. The van der Waals surface area contributed by atoms with Crippen LogP contribution < -0.4 is 15.4 Å². The molecular weight excluding hydrogens is 482 g/mol. The van der Waals surface area contributed by atoms with Gasteiger partial charge < -0.3 is 25.4 Å². The van der Waals surface area contributed by atoms with E-state index < -0.39 is 5.97 Å². The van der Waals surface area contributed by atoms with Gasteiger partial charge in [-0.3, -0.25) is 9.59 Å². The lowest BCUT2D eigenvalue weighted by atomic mass is 9.89. The van der Waals surface area contributed by atoms with Crippen LogP contribution in [-0.2, 0) is 22.6 Å². The Morgan fingerprint density at radius 3 is 2.42 bits per heavy atom. The number of para-hydroxylation sites is 1. The molecule has 8 heteroatoms. The predicted molar refractivity (Wildman–Crippen MR) is 147 cm³/mol. The van der Waals surface area contributed by atoms with Crippen molar-refractivity contribution >= 4 is 29.3 Å². The van der Waals surface area contributed by atoms with Crippen LogP contribution in [0.5, 0.6) is 5.75 Å². The predicted octanol–water partition coefficient (Wildman–Crippen LogP) is 5.57. The molecule has 1 aliphatic rings. The number of hydrogen-bond donors (Lipinski definition) is 3. The van der Waals surface area contributed by atoms with Crippen LogP contribution in [0.3, 0.4) is 0 Å². The van der Waals surface area contributed by atoms with Crippen LogP contribution in [0.4, 0.5) is 16.2 Å². The highest BCUT2D eigenvalue weighted by atomic mass is 16.5. The molecule has 0 bridgehead atoms. The molecule has 3 N–H and O–H groups in total. The van der Waals surface area contributed by atoms with Gasteiger partial charge in [0.2, 0.25) is 5.91 Å². The van der Waals surface area contributed by atoms with E-state index in [1.54, 1.807) is 13.2 Å². The van der Waals surface area contributed by atoms with Crippen molar-refractivity contribution in [1.82, 2.24) is 4.90 Å². The van der Waals surface area contributed by atoms with E-state index >= 15 is 0 Å². The van der Waals surface area contributed by atoms with Gasteiger partial charge >= 0.3 is 12.0 Å². The fourth-order valence-corrected chi connectivity index (χ4v) is 4.71. The summed E-state index contributed by atoms with van der Waals surface area (Å²) in [6, 6.07) is 20.4. The molecule has 198 valence electrons. The summed E-state index contributed by atoms with van der Waals surface area (Å²) < 4.78 is 5.55. The van der Waals surface area contributed by atoms with Gasteiger partial charge in [0.15, 0.2) is 0 Å². The number of benzene rings is 3. The first-order valence-corrected chi connectivity index (χ1v) is 12.7. The van der Waals surface area contributed by atoms with E-state index in [2.05, 4.69) is 10.6 Å². The zero-order valence-electron chi connectivity index (χ0n) is 21.7. The third-order valence-corrected chi connectivity index (χ3v) is 6.82. The number of anilines is 2. The number of carboxylic acids is 1. The number of urea groups is 1. The van der Waals surface area contributed by atoms with Crippen LogP contribution in [0, 0.1) is 6.92 Å². The second kappa shape index (κ2) is 12.3. The second-order valence-electron chi connectivity index (χ2n) is 9.52. The molecule has 0 radical (unpaired) electrons. The number of amides is 3. The van der Waals surface area contributed by atoms with Gasteiger partial charge in [0, 0.05) is 25.2 Å². The Hall–Kier alpha value is -4.33. The fraction of sp³-hybridized carbons (Fsp3) is 0.300. The molecule has 38 heavy (non-hydrogen) atoms. The van der Waals surface area contributed by atoms with Crippen molar-refractivity contribution < 1.29 is 24.2 Å². The summed E-state index contributed by atoms with van der Waals surface area (Å²) in [4.78, 5) is 38.7. The van der Waals surface area contributed by atoms with E-state index in [1.165, 1.54) is 0 Å². The zero-order valence-corrected chi connectivity index (χ0v) is 21.7. The van der Waals surface area contributed by atoms with Gasteiger partial charge in [-0.05, 0) is 66.6 Å². The number of rotatable bonds is 9. The number of carbonyl (C=O) groups is 3. The van der Waals surface area contributed by atoms with Crippen LogP contribution in [-0.4, -0.2) is 41.6 Å². The molecule has 0 aromatic heterocycles. The standard InChI is InChI=1S/C30H33N3O5/c1-20-6-3-4-8-25(20)31-30(37)32-26-15-14-23(18-27(26)38-2)24-7-5-17-33(29(24)36)19-22-11-9-21(10-12-22)13-16-28(34)35/h3-4,6,8-12,14-15,18,24H,5,7,13,16-17,19H2,1-2H3,(H,34,35)(H2,31,32,37). The third-order valence-electron chi connectivity index (χ3n) is 6.82. The van der Waals surface area contributed by atoms with Crippen LogP contribution >= 0.6 is 0 Å². The maximum absolute atomic E-state index is 13.4. The Balaban J connectivity index is 1.41. The van der Waals surface area contributed by atoms with Gasteiger partial charge in [0.25, 0.3) is 0 Å². The number of nitrogens with one attached hydrogen (secondary N) is 2. The van der Waals surface area contributed by atoms with Crippen molar-refractivity contribution in [2.75, 3.05) is 24.3 Å². The smallest absolute Gasteiger partial charge is 0.323 e. The quantitative estimate of drug-likeness (QED) is 0.345. The van der Waals surface area contributed by atoms with Crippen LogP contribution in [0.25, 0.3) is 0 Å². The van der Waals surface area contributed by atoms with Crippen molar-refractivity contribution in [3.8, 4) is 5.75 Å². The Kier molecular flexibility index (Phi) is 8.63. The Bertz CT molecular complexity index is 1310. The van der Waals surface area contributed by atoms with Crippen LogP contribution in [0.1, 0.15) is 47.4 Å². The van der Waals surface area contributed by atoms with E-state index in [-0.39, 0.29) is 24.3 Å². The van der Waals surface area contributed by atoms with Gasteiger partial charge in [-0.1, -0.05) is 48.5 Å². The summed E-state index contributed by atoms with van der Waals surface area (Å²) >= 11 is 0. The molecule has 0 aliphatic carbocycles. The highest BCUT2D eigenvalue weighted by Gasteiger charge is 2.30. The molecule has 3 aromatic rings. The number of nitrogens with zero attached hydrogens (tertiary/aromatic N) is 1. The highest BCUT2D eigenvalue weighted by molar-refractivity contribution is 6.01. The average molecular weight is 516 g/mol. The number of aliphatic carboxylic acids is 1. The summed E-state index contributed by atoms with van der Waals surface area (Å²) in [6.07, 6.45) is 2.21. The molecule has 1 heterocycles.